The summed E-state index contributed by atoms with van der Waals surface area (Å²) in [6, 6.07) is 10.2. The number of aliphatic hydroxyl groups is 1. The van der Waals surface area contributed by atoms with E-state index >= 15 is 0 Å². The maximum atomic E-state index is 12.9. The summed E-state index contributed by atoms with van der Waals surface area (Å²) in [6.07, 6.45) is 10.6. The van der Waals surface area contributed by atoms with E-state index in [-0.39, 0.29) is 11.9 Å². The molecule has 236 valence electrons. The minimum Gasteiger partial charge on any atom is -0.488 e. The second kappa shape index (κ2) is 15.6. The second-order valence-corrected chi connectivity index (χ2v) is 13.1. The Morgan fingerprint density at radius 2 is 1.79 bits per heavy atom. The van der Waals surface area contributed by atoms with Gasteiger partial charge >= 0.3 is 5.97 Å². The molecule has 1 aliphatic rings. The highest BCUT2D eigenvalue weighted by atomic mass is 16.5. The third-order valence-corrected chi connectivity index (χ3v) is 9.07. The molecule has 3 rings (SSSR count). The van der Waals surface area contributed by atoms with Gasteiger partial charge in [-0.15, -0.1) is 0 Å². The van der Waals surface area contributed by atoms with E-state index in [1.807, 2.05) is 32.0 Å². The van der Waals surface area contributed by atoms with E-state index in [1.54, 1.807) is 0 Å². The van der Waals surface area contributed by atoms with Gasteiger partial charge in [0.15, 0.2) is 0 Å². The van der Waals surface area contributed by atoms with Crippen molar-refractivity contribution in [3.63, 3.8) is 0 Å². The van der Waals surface area contributed by atoms with Gasteiger partial charge in [0.25, 0.3) is 0 Å². The van der Waals surface area contributed by atoms with Gasteiger partial charge < -0.3 is 19.3 Å². The zero-order valence-electron chi connectivity index (χ0n) is 28.0. The highest BCUT2D eigenvalue weighted by Crippen LogP contribution is 2.45. The summed E-state index contributed by atoms with van der Waals surface area (Å²) >= 11 is 0. The summed E-state index contributed by atoms with van der Waals surface area (Å²) in [4.78, 5) is 12.9. The smallest absolute Gasteiger partial charge is 0.311 e. The Bertz CT molecular complexity index is 1270. The van der Waals surface area contributed by atoms with Gasteiger partial charge in [0.2, 0.25) is 0 Å². The first-order chi connectivity index (χ1) is 20.4. The van der Waals surface area contributed by atoms with Crippen LogP contribution in [0.2, 0.25) is 0 Å². The first-order valence-corrected chi connectivity index (χ1v) is 15.9. The lowest BCUT2D eigenvalue weighted by atomic mass is 9.79. The molecule has 0 fully saturated rings. The largest absolute Gasteiger partial charge is 0.488 e. The lowest BCUT2D eigenvalue weighted by Gasteiger charge is -2.40. The summed E-state index contributed by atoms with van der Waals surface area (Å²) in [5, 5.41) is 11.5. The van der Waals surface area contributed by atoms with Crippen LogP contribution >= 0.6 is 0 Å². The molecule has 0 saturated heterocycles. The number of fused-ring (bicyclic) bond motifs is 1. The highest BCUT2D eigenvalue weighted by molar-refractivity contribution is 5.73. The Morgan fingerprint density at radius 3 is 2.44 bits per heavy atom. The molecule has 0 radical (unpaired) electrons. The van der Waals surface area contributed by atoms with Crippen LogP contribution in [0.15, 0.2) is 54.1 Å². The van der Waals surface area contributed by atoms with Gasteiger partial charge in [-0.2, -0.15) is 0 Å². The van der Waals surface area contributed by atoms with Gasteiger partial charge in [0.1, 0.15) is 23.7 Å². The van der Waals surface area contributed by atoms with Crippen molar-refractivity contribution in [2.75, 3.05) is 7.11 Å². The maximum absolute atomic E-state index is 12.9. The predicted octanol–water partition coefficient (Wildman–Crippen LogP) is 8.78. The normalized spacial score (nSPS) is 19.1. The van der Waals surface area contributed by atoms with Crippen LogP contribution in [-0.2, 0) is 22.6 Å². The predicted molar refractivity (Wildman–Crippen MR) is 176 cm³/mol. The molecule has 0 aromatic heterocycles. The number of aliphatic hydroxyl groups excluding tert-OH is 1. The lowest BCUT2D eigenvalue weighted by Crippen LogP contribution is -2.44. The molecule has 2 aromatic rings. The van der Waals surface area contributed by atoms with Crippen LogP contribution in [0.5, 0.6) is 11.5 Å². The standard InChI is InChI=1S/C38H54O5/c1-25(2)15-13-16-26(3)17-14-18-27(4)34(37(40)41-9)33(39)23-38(8)22-21-32-30(7)35(28(5)29(6)36(32)43-38)42-24-31-19-11-10-12-20-31/h10-12,14-15,18-20,26-27,33-34,39H,13,16-17,21-24H2,1-9H3/t26-,27-,33?,34?,38+/m1/s1. The molecule has 2 aromatic carbocycles. The fraction of sp³-hybridized carbons (Fsp3) is 0.553. The molecule has 0 aliphatic carbocycles. The van der Waals surface area contributed by atoms with Gasteiger partial charge in [-0.1, -0.05) is 68.0 Å². The molecule has 1 N–H and O–H groups in total. The van der Waals surface area contributed by atoms with E-state index in [1.165, 1.54) is 12.7 Å². The molecular weight excluding hydrogens is 536 g/mol. The molecular formula is C38H54O5. The van der Waals surface area contributed by atoms with Crippen molar-refractivity contribution < 1.29 is 24.1 Å². The maximum Gasteiger partial charge on any atom is 0.311 e. The average molecular weight is 591 g/mol. The van der Waals surface area contributed by atoms with Gasteiger partial charge in [-0.3, -0.25) is 4.79 Å². The molecule has 0 bridgehead atoms. The molecule has 0 saturated carbocycles. The van der Waals surface area contributed by atoms with Crippen molar-refractivity contribution >= 4 is 5.97 Å². The fourth-order valence-corrected chi connectivity index (χ4v) is 6.22. The molecule has 1 heterocycles. The minimum atomic E-state index is -0.898. The minimum absolute atomic E-state index is 0.164. The Morgan fingerprint density at radius 1 is 1.09 bits per heavy atom. The number of hydrogen-bond donors (Lipinski definition) is 1. The number of esters is 1. The molecule has 0 spiro atoms. The molecule has 5 atom stereocenters. The number of carbonyl (C=O) groups excluding carboxylic acids is 1. The molecule has 2 unspecified atom stereocenters. The summed E-state index contributed by atoms with van der Waals surface area (Å²) < 4.78 is 18.2. The topological polar surface area (TPSA) is 65.0 Å². The molecule has 0 amide bonds. The quantitative estimate of drug-likeness (QED) is 0.176. The number of ether oxygens (including phenoxy) is 3. The van der Waals surface area contributed by atoms with Gasteiger partial charge in [-0.25, -0.2) is 0 Å². The van der Waals surface area contributed by atoms with Crippen LogP contribution in [-0.4, -0.2) is 29.9 Å². The van der Waals surface area contributed by atoms with Crippen LogP contribution in [0, 0.1) is 38.5 Å². The Balaban J connectivity index is 1.71. The third kappa shape index (κ3) is 9.22. The van der Waals surface area contributed by atoms with Crippen molar-refractivity contribution in [3.05, 3.63) is 82.0 Å². The number of hydrogen-bond acceptors (Lipinski definition) is 5. The number of rotatable bonds is 14. The number of carbonyl (C=O) groups is 1. The SMILES string of the molecule is COC(=O)C(C(O)C[C@]1(C)CCc2c(C)c(OCc3ccccc3)c(C)c(C)c2O1)[C@H](C)C=CC[C@H](C)CCC=C(C)C. The first kappa shape index (κ1) is 34.4. The number of methoxy groups -OCH3 is 1. The second-order valence-electron chi connectivity index (χ2n) is 13.1. The highest BCUT2D eigenvalue weighted by Gasteiger charge is 2.41. The van der Waals surface area contributed by atoms with Crippen LogP contribution < -0.4 is 9.47 Å². The third-order valence-electron chi connectivity index (χ3n) is 9.07. The van der Waals surface area contributed by atoms with Gasteiger partial charge in [0.05, 0.1) is 19.1 Å². The lowest BCUT2D eigenvalue weighted by molar-refractivity contribution is -0.152. The van der Waals surface area contributed by atoms with Crippen molar-refractivity contribution in [2.24, 2.45) is 17.8 Å². The first-order valence-electron chi connectivity index (χ1n) is 15.9. The Hall–Kier alpha value is -3.05. The molecule has 1 aliphatic heterocycles. The summed E-state index contributed by atoms with van der Waals surface area (Å²) in [5.74, 6) is 1.14. The van der Waals surface area contributed by atoms with E-state index in [4.69, 9.17) is 14.2 Å². The fourth-order valence-electron chi connectivity index (χ4n) is 6.22. The van der Waals surface area contributed by atoms with E-state index in [0.717, 1.165) is 71.4 Å². The van der Waals surface area contributed by atoms with Gasteiger partial charge in [0, 0.05) is 12.0 Å². The monoisotopic (exact) mass is 590 g/mol. The summed E-state index contributed by atoms with van der Waals surface area (Å²) in [7, 11) is 1.39. The van der Waals surface area contributed by atoms with Crippen LogP contribution in [0.3, 0.4) is 0 Å². The van der Waals surface area contributed by atoms with E-state index in [9.17, 15) is 9.90 Å². The van der Waals surface area contributed by atoms with Crippen molar-refractivity contribution in [2.45, 2.75) is 112 Å². The van der Waals surface area contributed by atoms with Crippen molar-refractivity contribution in [1.29, 1.82) is 0 Å². The molecule has 43 heavy (non-hydrogen) atoms. The van der Waals surface area contributed by atoms with E-state index < -0.39 is 17.6 Å². The van der Waals surface area contributed by atoms with Crippen LogP contribution in [0.25, 0.3) is 0 Å². The van der Waals surface area contributed by atoms with Crippen LogP contribution in [0.4, 0.5) is 0 Å². The Labute approximate surface area is 260 Å². The van der Waals surface area contributed by atoms with E-state index in [0.29, 0.717) is 18.9 Å². The molecule has 5 heteroatoms. The summed E-state index contributed by atoms with van der Waals surface area (Å²) in [6.45, 7) is 17.3. The van der Waals surface area contributed by atoms with Crippen molar-refractivity contribution in [3.8, 4) is 11.5 Å². The van der Waals surface area contributed by atoms with E-state index in [2.05, 4.69) is 71.9 Å². The number of benzene rings is 2. The van der Waals surface area contributed by atoms with Gasteiger partial charge in [-0.05, 0) is 108 Å². The summed E-state index contributed by atoms with van der Waals surface area (Å²) in [5.41, 5.74) is 6.27. The van der Waals surface area contributed by atoms with Crippen molar-refractivity contribution in [1.82, 2.24) is 0 Å². The average Bonchev–Trinajstić information content (AvgIpc) is 2.96. The Kier molecular flexibility index (Phi) is 12.5. The molecule has 5 nitrogen and oxygen atoms in total. The zero-order valence-corrected chi connectivity index (χ0v) is 28.0. The number of allylic oxidation sites excluding steroid dienone is 4. The zero-order chi connectivity index (χ0) is 31.7. The van der Waals surface area contributed by atoms with Crippen LogP contribution in [0.1, 0.15) is 94.5 Å².